The van der Waals surface area contributed by atoms with Crippen LogP contribution >= 0.6 is 0 Å². The molecule has 2 rings (SSSR count). The molecule has 0 aromatic heterocycles. The van der Waals surface area contributed by atoms with E-state index in [-0.39, 0.29) is 5.82 Å². The molecule has 1 aliphatic heterocycles. The van der Waals surface area contributed by atoms with Crippen molar-refractivity contribution in [2.24, 2.45) is 5.92 Å². The van der Waals surface area contributed by atoms with Crippen LogP contribution in [0.3, 0.4) is 0 Å². The molecule has 1 unspecified atom stereocenters. The molecule has 1 N–H and O–H groups in total. The lowest BCUT2D eigenvalue weighted by atomic mass is 9.81. The maximum absolute atomic E-state index is 13.3. The second-order valence-electron chi connectivity index (χ2n) is 4.76. The summed E-state index contributed by atoms with van der Waals surface area (Å²) in [5.41, 5.74) is 0.999. The SMILES string of the molecule is COc1ccc(F)cc1C(C)C1CCNCC1. The quantitative estimate of drug-likeness (QED) is 0.872. The number of hydrogen-bond donors (Lipinski definition) is 1. The zero-order valence-corrected chi connectivity index (χ0v) is 10.5. The predicted molar refractivity (Wildman–Crippen MR) is 67.0 cm³/mol. The average Bonchev–Trinajstić information content (AvgIpc) is 2.39. The molecule has 1 aromatic rings. The average molecular weight is 237 g/mol. The van der Waals surface area contributed by atoms with Crippen LogP contribution in [-0.2, 0) is 0 Å². The van der Waals surface area contributed by atoms with Gasteiger partial charge < -0.3 is 10.1 Å². The third-order valence-electron chi connectivity index (χ3n) is 3.77. The molecule has 1 atom stereocenters. The molecule has 3 heteroatoms. The molecule has 1 aromatic carbocycles. The van der Waals surface area contributed by atoms with Gasteiger partial charge in [0.05, 0.1) is 7.11 Å². The van der Waals surface area contributed by atoms with Crippen LogP contribution in [0.25, 0.3) is 0 Å². The number of methoxy groups -OCH3 is 1. The van der Waals surface area contributed by atoms with Gasteiger partial charge in [0.15, 0.2) is 0 Å². The van der Waals surface area contributed by atoms with Gasteiger partial charge in [0, 0.05) is 5.56 Å². The van der Waals surface area contributed by atoms with Crippen molar-refractivity contribution in [2.75, 3.05) is 20.2 Å². The van der Waals surface area contributed by atoms with E-state index in [4.69, 9.17) is 4.74 Å². The number of ether oxygens (including phenoxy) is 1. The Labute approximate surface area is 102 Å². The van der Waals surface area contributed by atoms with E-state index in [0.717, 1.165) is 37.2 Å². The fourth-order valence-electron chi connectivity index (χ4n) is 2.66. The highest BCUT2D eigenvalue weighted by atomic mass is 19.1. The van der Waals surface area contributed by atoms with Crippen LogP contribution in [0.2, 0.25) is 0 Å². The Morgan fingerprint density at radius 3 is 2.71 bits per heavy atom. The van der Waals surface area contributed by atoms with Gasteiger partial charge in [-0.25, -0.2) is 4.39 Å². The largest absolute Gasteiger partial charge is 0.496 e. The lowest BCUT2D eigenvalue weighted by Gasteiger charge is -2.29. The summed E-state index contributed by atoms with van der Waals surface area (Å²) in [6, 6.07) is 4.80. The first-order valence-electron chi connectivity index (χ1n) is 6.26. The maximum atomic E-state index is 13.3. The molecule has 1 fully saturated rings. The molecule has 1 saturated heterocycles. The first-order valence-corrected chi connectivity index (χ1v) is 6.26. The minimum absolute atomic E-state index is 0.179. The smallest absolute Gasteiger partial charge is 0.123 e. The summed E-state index contributed by atoms with van der Waals surface area (Å²) in [4.78, 5) is 0. The normalized spacial score (nSPS) is 19.0. The Hall–Kier alpha value is -1.09. The highest BCUT2D eigenvalue weighted by Gasteiger charge is 2.23. The number of halogens is 1. The van der Waals surface area contributed by atoms with Crippen molar-refractivity contribution >= 4 is 0 Å². The highest BCUT2D eigenvalue weighted by molar-refractivity contribution is 5.37. The Morgan fingerprint density at radius 2 is 2.06 bits per heavy atom. The van der Waals surface area contributed by atoms with Gasteiger partial charge in [0.1, 0.15) is 11.6 Å². The first-order chi connectivity index (χ1) is 8.22. The molecule has 0 amide bonds. The van der Waals surface area contributed by atoms with Crippen LogP contribution < -0.4 is 10.1 Å². The van der Waals surface area contributed by atoms with Gasteiger partial charge in [-0.2, -0.15) is 0 Å². The maximum Gasteiger partial charge on any atom is 0.123 e. The van der Waals surface area contributed by atoms with E-state index in [2.05, 4.69) is 12.2 Å². The summed E-state index contributed by atoms with van der Waals surface area (Å²) in [7, 11) is 1.64. The summed E-state index contributed by atoms with van der Waals surface area (Å²) in [6.07, 6.45) is 2.31. The molecule has 1 aliphatic rings. The van der Waals surface area contributed by atoms with Crippen LogP contribution in [0.5, 0.6) is 5.75 Å². The van der Waals surface area contributed by atoms with Crippen molar-refractivity contribution in [1.82, 2.24) is 5.32 Å². The second-order valence-corrected chi connectivity index (χ2v) is 4.76. The lowest BCUT2D eigenvalue weighted by molar-refractivity contribution is 0.320. The van der Waals surface area contributed by atoms with Crippen LogP contribution in [0, 0.1) is 11.7 Å². The topological polar surface area (TPSA) is 21.3 Å². The Balaban J connectivity index is 2.21. The molecule has 94 valence electrons. The van der Waals surface area contributed by atoms with Crippen molar-refractivity contribution in [1.29, 1.82) is 0 Å². The van der Waals surface area contributed by atoms with Gasteiger partial charge in [0.25, 0.3) is 0 Å². The Morgan fingerprint density at radius 1 is 1.35 bits per heavy atom. The van der Waals surface area contributed by atoms with Gasteiger partial charge >= 0.3 is 0 Å². The van der Waals surface area contributed by atoms with Gasteiger partial charge in [-0.1, -0.05) is 6.92 Å². The molecule has 2 nitrogen and oxygen atoms in total. The second kappa shape index (κ2) is 5.50. The Kier molecular flexibility index (Phi) is 4.00. The van der Waals surface area contributed by atoms with E-state index >= 15 is 0 Å². The summed E-state index contributed by atoms with van der Waals surface area (Å²) in [5, 5.41) is 3.36. The third-order valence-corrected chi connectivity index (χ3v) is 3.77. The molecule has 1 heterocycles. The molecule has 0 saturated carbocycles. The van der Waals surface area contributed by atoms with Crippen LogP contribution in [0.1, 0.15) is 31.2 Å². The monoisotopic (exact) mass is 237 g/mol. The van der Waals surface area contributed by atoms with Gasteiger partial charge in [-0.05, 0) is 56.0 Å². The van der Waals surface area contributed by atoms with Gasteiger partial charge in [0.2, 0.25) is 0 Å². The predicted octanol–water partition coefficient (Wildman–Crippen LogP) is 2.94. The number of nitrogens with one attached hydrogen (secondary N) is 1. The highest BCUT2D eigenvalue weighted by Crippen LogP contribution is 2.35. The molecule has 0 aliphatic carbocycles. The van der Waals surface area contributed by atoms with Crippen molar-refractivity contribution in [3.8, 4) is 5.75 Å². The number of piperidine rings is 1. The van der Waals surface area contributed by atoms with E-state index in [9.17, 15) is 4.39 Å². The van der Waals surface area contributed by atoms with Gasteiger partial charge in [-0.3, -0.25) is 0 Å². The number of benzene rings is 1. The van der Waals surface area contributed by atoms with Crippen molar-refractivity contribution in [3.63, 3.8) is 0 Å². The van der Waals surface area contributed by atoms with E-state index in [1.54, 1.807) is 19.2 Å². The zero-order chi connectivity index (χ0) is 12.3. The first kappa shape index (κ1) is 12.4. The van der Waals surface area contributed by atoms with Crippen molar-refractivity contribution in [3.05, 3.63) is 29.6 Å². The van der Waals surface area contributed by atoms with Gasteiger partial charge in [-0.15, -0.1) is 0 Å². The number of hydrogen-bond acceptors (Lipinski definition) is 2. The van der Waals surface area contributed by atoms with Crippen LogP contribution in [0.4, 0.5) is 4.39 Å². The fraction of sp³-hybridized carbons (Fsp3) is 0.571. The lowest BCUT2D eigenvalue weighted by Crippen LogP contribution is -2.30. The molecule has 0 radical (unpaired) electrons. The Bertz CT molecular complexity index is 374. The van der Waals surface area contributed by atoms with E-state index in [1.165, 1.54) is 6.07 Å². The standard InChI is InChI=1S/C14H20FNO/c1-10(11-5-7-16-8-6-11)13-9-12(15)3-4-14(13)17-2/h3-4,9-11,16H,5-8H2,1-2H3. The molecule has 17 heavy (non-hydrogen) atoms. The molecule has 0 spiro atoms. The van der Waals surface area contributed by atoms with E-state index < -0.39 is 0 Å². The molecular weight excluding hydrogens is 217 g/mol. The summed E-state index contributed by atoms with van der Waals surface area (Å²) < 4.78 is 18.7. The van der Waals surface area contributed by atoms with Crippen molar-refractivity contribution < 1.29 is 9.13 Å². The van der Waals surface area contributed by atoms with Crippen LogP contribution in [0.15, 0.2) is 18.2 Å². The van der Waals surface area contributed by atoms with E-state index in [0.29, 0.717) is 11.8 Å². The summed E-state index contributed by atoms with van der Waals surface area (Å²) in [5.74, 6) is 1.59. The fourth-order valence-corrected chi connectivity index (χ4v) is 2.66. The molecular formula is C14H20FNO. The van der Waals surface area contributed by atoms with E-state index in [1.807, 2.05) is 0 Å². The minimum atomic E-state index is -0.179. The summed E-state index contributed by atoms with van der Waals surface area (Å²) >= 11 is 0. The minimum Gasteiger partial charge on any atom is -0.496 e. The van der Waals surface area contributed by atoms with Crippen LogP contribution in [-0.4, -0.2) is 20.2 Å². The third kappa shape index (κ3) is 2.78. The zero-order valence-electron chi connectivity index (χ0n) is 10.5. The van der Waals surface area contributed by atoms with Crippen molar-refractivity contribution in [2.45, 2.75) is 25.7 Å². The summed E-state index contributed by atoms with van der Waals surface area (Å²) in [6.45, 7) is 4.30. The molecule has 0 bridgehead atoms. The number of rotatable bonds is 3.